The minimum Gasteiger partial charge on any atom is -0.438 e. The second kappa shape index (κ2) is 6.49. The largest absolute Gasteiger partial charge is 0.438 e. The van der Waals surface area contributed by atoms with Gasteiger partial charge in [0.15, 0.2) is 0 Å². The molecule has 0 saturated heterocycles. The van der Waals surface area contributed by atoms with E-state index in [1.165, 1.54) is 5.56 Å². The summed E-state index contributed by atoms with van der Waals surface area (Å²) < 4.78 is 6.18. The summed E-state index contributed by atoms with van der Waals surface area (Å²) in [5.74, 6) is 1.55. The molecule has 1 aromatic heterocycles. The lowest BCUT2D eigenvalue weighted by molar-refractivity contribution is 0.448. The van der Waals surface area contributed by atoms with Crippen LogP contribution in [-0.4, -0.2) is 4.98 Å². The van der Waals surface area contributed by atoms with Crippen LogP contribution in [0, 0.1) is 34.6 Å². The summed E-state index contributed by atoms with van der Waals surface area (Å²) in [5.41, 5.74) is 12.8. The molecule has 0 bridgehead atoms. The topological polar surface area (TPSA) is 48.1 Å². The molecule has 0 amide bonds. The van der Waals surface area contributed by atoms with Gasteiger partial charge in [-0.15, -0.1) is 0 Å². The Morgan fingerprint density at radius 2 is 1.64 bits per heavy atom. The number of aryl methyl sites for hydroxylation is 4. The van der Waals surface area contributed by atoms with Crippen LogP contribution in [0.1, 0.15) is 52.9 Å². The van der Waals surface area contributed by atoms with Crippen LogP contribution in [0.25, 0.3) is 0 Å². The molecule has 3 nitrogen and oxygen atoms in total. The third-order valence-corrected chi connectivity index (χ3v) is 4.04. The van der Waals surface area contributed by atoms with Crippen molar-refractivity contribution < 1.29 is 4.74 Å². The normalized spacial score (nSPS) is 12.3. The Balaban J connectivity index is 2.49. The molecule has 0 saturated carbocycles. The standard InChI is InChI=1S/C19H26N2O/c1-7-17(20)16-10-14(5)21-19(15(16)6)22-18-12(3)8-11(2)9-13(18)4/h8-10,17H,7,20H2,1-6H3. The van der Waals surface area contributed by atoms with Crippen molar-refractivity contribution in [1.82, 2.24) is 4.98 Å². The van der Waals surface area contributed by atoms with Gasteiger partial charge in [-0.1, -0.05) is 24.6 Å². The molecule has 1 unspecified atom stereocenters. The van der Waals surface area contributed by atoms with Crippen LogP contribution in [0.5, 0.6) is 11.6 Å². The maximum atomic E-state index is 6.22. The summed E-state index contributed by atoms with van der Waals surface area (Å²) in [5, 5.41) is 0. The Kier molecular flexibility index (Phi) is 4.87. The SMILES string of the molecule is CCC(N)c1cc(C)nc(Oc2c(C)cc(C)cc2C)c1C. The first-order valence-electron chi connectivity index (χ1n) is 7.82. The molecule has 0 radical (unpaired) electrons. The average molecular weight is 298 g/mol. The lowest BCUT2D eigenvalue weighted by Gasteiger charge is -2.18. The molecule has 3 heteroatoms. The maximum Gasteiger partial charge on any atom is 0.222 e. The van der Waals surface area contributed by atoms with E-state index in [4.69, 9.17) is 10.5 Å². The predicted octanol–water partition coefficient (Wildman–Crippen LogP) is 4.83. The number of nitrogens with two attached hydrogens (primary N) is 1. The van der Waals surface area contributed by atoms with E-state index in [9.17, 15) is 0 Å². The molecule has 1 aromatic carbocycles. The molecule has 2 rings (SSSR count). The number of ether oxygens (including phenoxy) is 1. The van der Waals surface area contributed by atoms with Crippen molar-refractivity contribution in [2.75, 3.05) is 0 Å². The number of pyridine rings is 1. The lowest BCUT2D eigenvalue weighted by atomic mass is 10.0. The summed E-state index contributed by atoms with van der Waals surface area (Å²) >= 11 is 0. The van der Waals surface area contributed by atoms with Crippen LogP contribution in [0.3, 0.4) is 0 Å². The fourth-order valence-electron chi connectivity index (χ4n) is 2.86. The number of hydrogen-bond donors (Lipinski definition) is 1. The van der Waals surface area contributed by atoms with Crippen LogP contribution in [0.2, 0.25) is 0 Å². The second-order valence-corrected chi connectivity index (χ2v) is 6.13. The number of hydrogen-bond acceptors (Lipinski definition) is 3. The highest BCUT2D eigenvalue weighted by Crippen LogP contribution is 2.33. The van der Waals surface area contributed by atoms with Gasteiger partial charge in [0, 0.05) is 17.3 Å². The zero-order valence-electron chi connectivity index (χ0n) is 14.4. The van der Waals surface area contributed by atoms with E-state index in [0.717, 1.165) is 40.1 Å². The van der Waals surface area contributed by atoms with Gasteiger partial charge in [-0.25, -0.2) is 4.98 Å². The molecular weight excluding hydrogens is 272 g/mol. The van der Waals surface area contributed by atoms with Crippen LogP contribution in [0.15, 0.2) is 18.2 Å². The summed E-state index contributed by atoms with van der Waals surface area (Å²) in [6, 6.07) is 6.34. The fraction of sp³-hybridized carbons (Fsp3) is 0.421. The Hall–Kier alpha value is -1.87. The highest BCUT2D eigenvalue weighted by Gasteiger charge is 2.16. The molecule has 0 aliphatic rings. The number of rotatable bonds is 4. The van der Waals surface area contributed by atoms with Gasteiger partial charge in [0.25, 0.3) is 0 Å². The predicted molar refractivity (Wildman–Crippen MR) is 91.7 cm³/mol. The Bertz CT molecular complexity index is 669. The molecule has 0 aliphatic heterocycles. The summed E-state index contributed by atoms with van der Waals surface area (Å²) in [4.78, 5) is 4.57. The zero-order chi connectivity index (χ0) is 16.4. The van der Waals surface area contributed by atoms with Gasteiger partial charge in [0.2, 0.25) is 5.88 Å². The smallest absolute Gasteiger partial charge is 0.222 e. The number of aromatic nitrogens is 1. The van der Waals surface area contributed by atoms with Crippen LogP contribution >= 0.6 is 0 Å². The first-order chi connectivity index (χ1) is 10.3. The minimum atomic E-state index is 0.0178. The molecule has 22 heavy (non-hydrogen) atoms. The molecule has 1 atom stereocenters. The molecule has 2 N–H and O–H groups in total. The van der Waals surface area contributed by atoms with E-state index in [2.05, 4.69) is 50.9 Å². The summed E-state index contributed by atoms with van der Waals surface area (Å²) in [6.07, 6.45) is 0.895. The fourth-order valence-corrected chi connectivity index (χ4v) is 2.86. The highest BCUT2D eigenvalue weighted by molar-refractivity contribution is 5.47. The number of benzene rings is 1. The Labute approximate surface area is 133 Å². The van der Waals surface area contributed by atoms with Gasteiger partial charge >= 0.3 is 0 Å². The summed E-state index contributed by atoms with van der Waals surface area (Å²) in [7, 11) is 0. The summed E-state index contributed by atoms with van der Waals surface area (Å²) in [6.45, 7) is 12.3. The van der Waals surface area contributed by atoms with Crippen LogP contribution in [0.4, 0.5) is 0 Å². The Morgan fingerprint density at radius 1 is 1.05 bits per heavy atom. The first-order valence-corrected chi connectivity index (χ1v) is 7.82. The minimum absolute atomic E-state index is 0.0178. The first kappa shape index (κ1) is 16.5. The molecule has 1 heterocycles. The average Bonchev–Trinajstić information content (AvgIpc) is 2.44. The molecule has 0 fully saturated rings. The van der Waals surface area contributed by atoms with Gasteiger partial charge < -0.3 is 10.5 Å². The van der Waals surface area contributed by atoms with E-state index in [1.807, 2.05) is 13.8 Å². The number of nitrogens with zero attached hydrogens (tertiary/aromatic N) is 1. The van der Waals surface area contributed by atoms with Gasteiger partial charge in [0.1, 0.15) is 5.75 Å². The highest BCUT2D eigenvalue weighted by atomic mass is 16.5. The molecule has 0 spiro atoms. The van der Waals surface area contributed by atoms with Gasteiger partial charge in [-0.05, 0) is 63.8 Å². The van der Waals surface area contributed by atoms with E-state index >= 15 is 0 Å². The second-order valence-electron chi connectivity index (χ2n) is 6.13. The molecule has 118 valence electrons. The van der Waals surface area contributed by atoms with Crippen molar-refractivity contribution in [1.29, 1.82) is 0 Å². The quantitative estimate of drug-likeness (QED) is 0.879. The Morgan fingerprint density at radius 3 is 2.18 bits per heavy atom. The van der Waals surface area contributed by atoms with E-state index in [0.29, 0.717) is 5.88 Å². The van der Waals surface area contributed by atoms with Crippen molar-refractivity contribution >= 4 is 0 Å². The monoisotopic (exact) mass is 298 g/mol. The van der Waals surface area contributed by atoms with E-state index < -0.39 is 0 Å². The van der Waals surface area contributed by atoms with Crippen molar-refractivity contribution in [3.8, 4) is 11.6 Å². The van der Waals surface area contributed by atoms with Crippen molar-refractivity contribution in [3.63, 3.8) is 0 Å². The maximum absolute atomic E-state index is 6.22. The van der Waals surface area contributed by atoms with Crippen molar-refractivity contribution in [2.45, 2.75) is 54.0 Å². The van der Waals surface area contributed by atoms with Gasteiger partial charge in [-0.2, -0.15) is 0 Å². The van der Waals surface area contributed by atoms with E-state index in [-0.39, 0.29) is 6.04 Å². The van der Waals surface area contributed by atoms with Gasteiger partial charge in [-0.3, -0.25) is 0 Å². The third kappa shape index (κ3) is 3.30. The van der Waals surface area contributed by atoms with Gasteiger partial charge in [0.05, 0.1) is 0 Å². The van der Waals surface area contributed by atoms with Crippen LogP contribution < -0.4 is 10.5 Å². The molecular formula is C19H26N2O. The lowest BCUT2D eigenvalue weighted by Crippen LogP contribution is -2.12. The van der Waals surface area contributed by atoms with Crippen molar-refractivity contribution in [3.05, 3.63) is 51.7 Å². The van der Waals surface area contributed by atoms with Crippen LogP contribution in [-0.2, 0) is 0 Å². The van der Waals surface area contributed by atoms with Crippen molar-refractivity contribution in [2.24, 2.45) is 5.73 Å². The van der Waals surface area contributed by atoms with E-state index in [1.54, 1.807) is 0 Å². The zero-order valence-corrected chi connectivity index (χ0v) is 14.4. The third-order valence-electron chi connectivity index (χ3n) is 4.04. The molecule has 2 aromatic rings. The molecule has 0 aliphatic carbocycles.